The molecule has 1 amide bonds. The first kappa shape index (κ1) is 18.7. The summed E-state index contributed by atoms with van der Waals surface area (Å²) in [6.07, 6.45) is 4.11. The first-order valence-corrected chi connectivity index (χ1v) is 9.25. The molecule has 2 N–H and O–H groups in total. The van der Waals surface area contributed by atoms with Gasteiger partial charge in [-0.1, -0.05) is 43.7 Å². The lowest BCUT2D eigenvalue weighted by Gasteiger charge is -2.16. The summed E-state index contributed by atoms with van der Waals surface area (Å²) in [5.74, 6) is 0.846. The van der Waals surface area contributed by atoms with Crippen LogP contribution in [0.3, 0.4) is 0 Å². The Morgan fingerprint density at radius 3 is 2.63 bits per heavy atom. The van der Waals surface area contributed by atoms with E-state index in [4.69, 9.17) is 4.74 Å². The van der Waals surface area contributed by atoms with Crippen LogP contribution in [0.15, 0.2) is 54.7 Å². The van der Waals surface area contributed by atoms with Crippen LogP contribution in [0.5, 0.6) is 5.75 Å². The average molecular weight is 363 g/mol. The number of nitrogens with one attached hydrogen (secondary N) is 2. The summed E-state index contributed by atoms with van der Waals surface area (Å²) in [5.41, 5.74) is 3.62. The number of nitrogens with zero attached hydrogens (tertiary/aromatic N) is 1. The predicted molar refractivity (Wildman–Crippen MR) is 110 cm³/mol. The second kappa shape index (κ2) is 9.03. The van der Waals surface area contributed by atoms with E-state index in [1.807, 2.05) is 48.5 Å². The van der Waals surface area contributed by atoms with Gasteiger partial charge in [-0.15, -0.1) is 0 Å². The molecule has 0 spiro atoms. The van der Waals surface area contributed by atoms with Crippen molar-refractivity contribution in [2.75, 3.05) is 17.7 Å². The molecular formula is C22H25N3O2. The van der Waals surface area contributed by atoms with Gasteiger partial charge in [0.15, 0.2) is 0 Å². The molecule has 3 rings (SSSR count). The summed E-state index contributed by atoms with van der Waals surface area (Å²) in [5, 5.41) is 7.47. The van der Waals surface area contributed by atoms with Crippen LogP contribution in [0.4, 0.5) is 11.4 Å². The number of methoxy groups -OCH3 is 1. The summed E-state index contributed by atoms with van der Waals surface area (Å²) in [6, 6.07) is 15.8. The number of fused-ring (bicyclic) bond motifs is 1. The average Bonchev–Trinajstić information content (AvgIpc) is 2.71. The molecule has 1 heterocycles. The Kier molecular flexibility index (Phi) is 6.26. The minimum Gasteiger partial charge on any atom is -0.497 e. The number of unbranched alkanes of at least 4 members (excludes halogenated alkanes) is 1. The van der Waals surface area contributed by atoms with Gasteiger partial charge < -0.3 is 15.4 Å². The Hall–Kier alpha value is -3.08. The van der Waals surface area contributed by atoms with Crippen LogP contribution < -0.4 is 15.4 Å². The van der Waals surface area contributed by atoms with Crippen LogP contribution in [-0.4, -0.2) is 18.0 Å². The highest BCUT2D eigenvalue weighted by Gasteiger charge is 2.11. The van der Waals surface area contributed by atoms with Gasteiger partial charge in [-0.2, -0.15) is 0 Å². The molecule has 0 fully saturated rings. The maximum absolute atomic E-state index is 12.2. The van der Waals surface area contributed by atoms with Crippen LogP contribution in [0, 0.1) is 0 Å². The minimum absolute atomic E-state index is 0.0152. The van der Waals surface area contributed by atoms with Crippen molar-refractivity contribution in [1.29, 1.82) is 0 Å². The van der Waals surface area contributed by atoms with E-state index in [1.54, 1.807) is 13.3 Å². The number of aromatic nitrogens is 1. The van der Waals surface area contributed by atoms with Gasteiger partial charge in [0.25, 0.3) is 0 Å². The third-order valence-electron chi connectivity index (χ3n) is 4.44. The van der Waals surface area contributed by atoms with Gasteiger partial charge in [0, 0.05) is 18.4 Å². The smallest absolute Gasteiger partial charge is 0.224 e. The van der Waals surface area contributed by atoms with Crippen molar-refractivity contribution >= 4 is 28.2 Å². The summed E-state index contributed by atoms with van der Waals surface area (Å²) in [7, 11) is 1.66. The summed E-state index contributed by atoms with van der Waals surface area (Å²) in [6.45, 7) is 2.71. The Morgan fingerprint density at radius 1 is 1.11 bits per heavy atom. The van der Waals surface area contributed by atoms with Crippen molar-refractivity contribution in [2.24, 2.45) is 0 Å². The lowest BCUT2D eigenvalue weighted by molar-refractivity contribution is -0.116. The number of rotatable bonds is 8. The first-order chi connectivity index (χ1) is 13.2. The summed E-state index contributed by atoms with van der Waals surface area (Å²) >= 11 is 0. The van der Waals surface area contributed by atoms with E-state index in [-0.39, 0.29) is 5.91 Å². The lowest BCUT2D eigenvalue weighted by atomic mass is 10.1. The van der Waals surface area contributed by atoms with Crippen LogP contribution in [-0.2, 0) is 11.3 Å². The molecule has 2 aromatic carbocycles. The second-order valence-corrected chi connectivity index (χ2v) is 6.42. The number of benzene rings is 2. The molecule has 27 heavy (non-hydrogen) atoms. The molecular weight excluding hydrogens is 338 g/mol. The molecule has 5 nitrogen and oxygen atoms in total. The number of hydrogen-bond acceptors (Lipinski definition) is 4. The molecule has 0 radical (unpaired) electrons. The maximum Gasteiger partial charge on any atom is 0.224 e. The van der Waals surface area contributed by atoms with Gasteiger partial charge in [0.1, 0.15) is 5.75 Å². The van der Waals surface area contributed by atoms with Crippen LogP contribution in [0.1, 0.15) is 31.7 Å². The molecule has 0 saturated heterocycles. The zero-order valence-corrected chi connectivity index (χ0v) is 15.8. The molecule has 5 heteroatoms. The number of carbonyl (C=O) groups is 1. The Morgan fingerprint density at radius 2 is 1.89 bits per heavy atom. The van der Waals surface area contributed by atoms with E-state index in [1.165, 1.54) is 0 Å². The minimum atomic E-state index is 0.0152. The highest BCUT2D eigenvalue weighted by atomic mass is 16.5. The molecule has 1 aromatic heterocycles. The molecule has 0 bridgehead atoms. The summed E-state index contributed by atoms with van der Waals surface area (Å²) in [4.78, 5) is 16.7. The number of pyridine rings is 1. The van der Waals surface area contributed by atoms with Gasteiger partial charge in [-0.25, -0.2) is 0 Å². The fourth-order valence-corrected chi connectivity index (χ4v) is 2.91. The van der Waals surface area contributed by atoms with Crippen LogP contribution in [0.2, 0.25) is 0 Å². The number of hydrogen-bond donors (Lipinski definition) is 2. The lowest BCUT2D eigenvalue weighted by Crippen LogP contribution is -2.13. The largest absolute Gasteiger partial charge is 0.497 e. The van der Waals surface area contributed by atoms with Crippen LogP contribution >= 0.6 is 0 Å². The van der Waals surface area contributed by atoms with Gasteiger partial charge in [-0.3, -0.25) is 9.78 Å². The van der Waals surface area contributed by atoms with Crippen molar-refractivity contribution in [3.05, 3.63) is 60.3 Å². The van der Waals surface area contributed by atoms with E-state index in [0.29, 0.717) is 18.7 Å². The van der Waals surface area contributed by atoms with E-state index in [2.05, 4.69) is 22.5 Å². The first-order valence-electron chi connectivity index (χ1n) is 9.25. The molecule has 0 saturated carbocycles. The zero-order valence-electron chi connectivity index (χ0n) is 15.8. The molecule has 140 valence electrons. The standard InChI is InChI=1S/C22H25N3O2/c1-3-4-9-21(26)25-20-15-23-19-8-6-5-7-18(19)22(20)24-14-16-10-12-17(27-2)13-11-16/h5-8,10-13,15H,3-4,9,14H2,1-2H3,(H,23,24)(H,25,26). The monoisotopic (exact) mass is 363 g/mol. The number of anilines is 2. The van der Waals surface area contributed by atoms with Gasteiger partial charge in [0.2, 0.25) is 5.91 Å². The van der Waals surface area contributed by atoms with E-state index >= 15 is 0 Å². The van der Waals surface area contributed by atoms with Crippen LogP contribution in [0.25, 0.3) is 10.9 Å². The van der Waals surface area contributed by atoms with E-state index in [9.17, 15) is 4.79 Å². The molecule has 0 atom stereocenters. The van der Waals surface area contributed by atoms with Crippen molar-refractivity contribution in [2.45, 2.75) is 32.7 Å². The van der Waals surface area contributed by atoms with Gasteiger partial charge >= 0.3 is 0 Å². The van der Waals surface area contributed by atoms with E-state index < -0.39 is 0 Å². The van der Waals surface area contributed by atoms with Crippen molar-refractivity contribution < 1.29 is 9.53 Å². The topological polar surface area (TPSA) is 63.2 Å². The normalized spacial score (nSPS) is 10.6. The predicted octanol–water partition coefficient (Wildman–Crippen LogP) is 4.98. The Labute approximate surface area is 159 Å². The third-order valence-corrected chi connectivity index (χ3v) is 4.44. The Balaban J connectivity index is 1.85. The molecule has 0 unspecified atom stereocenters. The Bertz CT molecular complexity index is 907. The molecule has 0 aliphatic heterocycles. The fourth-order valence-electron chi connectivity index (χ4n) is 2.91. The highest BCUT2D eigenvalue weighted by molar-refractivity contribution is 6.02. The van der Waals surface area contributed by atoms with E-state index in [0.717, 1.165) is 40.7 Å². The number of carbonyl (C=O) groups excluding carboxylic acids is 1. The summed E-state index contributed by atoms with van der Waals surface area (Å²) < 4.78 is 5.21. The fraction of sp³-hybridized carbons (Fsp3) is 0.273. The highest BCUT2D eigenvalue weighted by Crippen LogP contribution is 2.30. The van der Waals surface area contributed by atoms with Gasteiger partial charge in [0.05, 0.1) is 30.2 Å². The van der Waals surface area contributed by atoms with Crippen molar-refractivity contribution in [1.82, 2.24) is 4.98 Å². The maximum atomic E-state index is 12.2. The third kappa shape index (κ3) is 4.76. The molecule has 0 aliphatic carbocycles. The zero-order chi connectivity index (χ0) is 19.1. The van der Waals surface area contributed by atoms with Crippen molar-refractivity contribution in [3.8, 4) is 5.75 Å². The number of para-hydroxylation sites is 1. The SMILES string of the molecule is CCCCC(=O)Nc1cnc2ccccc2c1NCc1ccc(OC)cc1. The number of ether oxygens (including phenoxy) is 1. The van der Waals surface area contributed by atoms with Gasteiger partial charge in [-0.05, 0) is 30.2 Å². The molecule has 3 aromatic rings. The van der Waals surface area contributed by atoms with Crippen molar-refractivity contribution in [3.63, 3.8) is 0 Å². The second-order valence-electron chi connectivity index (χ2n) is 6.42. The number of amides is 1. The quantitative estimate of drug-likeness (QED) is 0.592. The molecule has 0 aliphatic rings.